The summed E-state index contributed by atoms with van der Waals surface area (Å²) in [6.45, 7) is 5.02. The van der Waals surface area contributed by atoms with Gasteiger partial charge in [0.15, 0.2) is 0 Å². The van der Waals surface area contributed by atoms with Crippen molar-refractivity contribution in [3.05, 3.63) is 58.6 Å². The minimum atomic E-state index is -0.427. The maximum Gasteiger partial charge on any atom is 0.343 e. The predicted molar refractivity (Wildman–Crippen MR) is 127 cm³/mol. The minimum Gasteiger partial charge on any atom is -0.421 e. The summed E-state index contributed by atoms with van der Waals surface area (Å²) in [6, 6.07) is 12.7. The minimum absolute atomic E-state index is 0.344. The predicted octanol–water partition coefficient (Wildman–Crippen LogP) is 6.15. The van der Waals surface area contributed by atoms with Gasteiger partial charge in [0.25, 0.3) is 0 Å². The maximum absolute atomic E-state index is 12.4. The van der Waals surface area contributed by atoms with Crippen molar-refractivity contribution in [3.63, 3.8) is 0 Å². The fourth-order valence-electron chi connectivity index (χ4n) is 3.04. The Labute approximate surface area is 191 Å². The van der Waals surface area contributed by atoms with Crippen molar-refractivity contribution < 1.29 is 19.0 Å². The molecule has 0 aliphatic heterocycles. The van der Waals surface area contributed by atoms with E-state index < -0.39 is 5.97 Å². The first kappa shape index (κ1) is 25.2. The zero-order valence-corrected chi connectivity index (χ0v) is 19.4. The number of hydrogen-bond acceptors (Lipinski definition) is 5. The second-order valence-corrected chi connectivity index (χ2v) is 7.78. The van der Waals surface area contributed by atoms with Gasteiger partial charge in [-0.1, -0.05) is 49.9 Å². The molecule has 2 rings (SSSR count). The van der Waals surface area contributed by atoms with E-state index in [9.17, 15) is 4.79 Å². The lowest BCUT2D eigenvalue weighted by Crippen LogP contribution is -2.09. The Morgan fingerprint density at radius 3 is 2.26 bits per heavy atom. The second-order valence-electron chi connectivity index (χ2n) is 7.37. The van der Waals surface area contributed by atoms with E-state index >= 15 is 0 Å². The van der Waals surface area contributed by atoms with Gasteiger partial charge in [0.2, 0.25) is 0 Å². The number of rotatable bonds is 15. The highest BCUT2D eigenvalue weighted by atomic mass is 35.5. The monoisotopic (exact) mass is 447 g/mol. The van der Waals surface area contributed by atoms with Gasteiger partial charge in [-0.05, 0) is 55.2 Å². The molecule has 0 aliphatic carbocycles. The number of unbranched alkanes of at least 4 members (excludes halogenated alkanes) is 3. The van der Waals surface area contributed by atoms with Gasteiger partial charge >= 0.3 is 5.97 Å². The maximum atomic E-state index is 12.4. The summed E-state index contributed by atoms with van der Waals surface area (Å²) in [4.78, 5) is 12.4. The van der Waals surface area contributed by atoms with Crippen LogP contribution in [0.3, 0.4) is 0 Å². The van der Waals surface area contributed by atoms with Crippen molar-refractivity contribution in [2.45, 2.75) is 45.4 Å². The summed E-state index contributed by atoms with van der Waals surface area (Å²) in [6.07, 6.45) is 6.72. The molecular formula is C25H34ClNO4. The number of halogens is 1. The largest absolute Gasteiger partial charge is 0.421 e. The van der Waals surface area contributed by atoms with Gasteiger partial charge < -0.3 is 19.5 Å². The van der Waals surface area contributed by atoms with Gasteiger partial charge in [-0.15, -0.1) is 0 Å². The number of anilines is 1. The van der Waals surface area contributed by atoms with Crippen LogP contribution in [0.15, 0.2) is 42.5 Å². The van der Waals surface area contributed by atoms with Crippen molar-refractivity contribution in [2.75, 3.05) is 38.8 Å². The number of hydrogen-bond donors (Lipinski definition) is 1. The van der Waals surface area contributed by atoms with Crippen LogP contribution in [0, 0.1) is 0 Å². The van der Waals surface area contributed by atoms with Crippen LogP contribution in [-0.2, 0) is 15.9 Å². The summed E-state index contributed by atoms with van der Waals surface area (Å²) in [5, 5.41) is 3.38. The Hall–Kier alpha value is -2.08. The molecule has 170 valence electrons. The number of nitrogens with one attached hydrogen (secondary N) is 1. The summed E-state index contributed by atoms with van der Waals surface area (Å²) < 4.78 is 16.6. The van der Waals surface area contributed by atoms with Crippen LogP contribution in [0.1, 0.15) is 54.9 Å². The van der Waals surface area contributed by atoms with Crippen molar-refractivity contribution in [1.82, 2.24) is 0 Å². The highest BCUT2D eigenvalue weighted by Crippen LogP contribution is 2.28. The van der Waals surface area contributed by atoms with Crippen molar-refractivity contribution in [1.29, 1.82) is 0 Å². The molecule has 0 aromatic heterocycles. The Kier molecular flexibility index (Phi) is 12.1. The van der Waals surface area contributed by atoms with E-state index in [4.69, 9.17) is 25.8 Å². The molecule has 2 aromatic carbocycles. The molecule has 1 N–H and O–H groups in total. The van der Waals surface area contributed by atoms with Gasteiger partial charge in [-0.2, -0.15) is 0 Å². The normalized spacial score (nSPS) is 10.8. The number of benzene rings is 2. The second kappa shape index (κ2) is 14.8. The van der Waals surface area contributed by atoms with Crippen LogP contribution in [-0.4, -0.2) is 39.4 Å². The van der Waals surface area contributed by atoms with E-state index in [-0.39, 0.29) is 0 Å². The number of aryl methyl sites for hydroxylation is 1. The highest BCUT2D eigenvalue weighted by Gasteiger charge is 2.11. The van der Waals surface area contributed by atoms with Crippen LogP contribution in [0.25, 0.3) is 0 Å². The summed E-state index contributed by atoms with van der Waals surface area (Å²) in [5.74, 6) is -0.0829. The molecule has 0 spiro atoms. The van der Waals surface area contributed by atoms with E-state index in [2.05, 4.69) is 12.2 Å². The molecule has 0 bridgehead atoms. The molecule has 0 saturated heterocycles. The first-order valence-corrected chi connectivity index (χ1v) is 11.5. The third-order valence-electron chi connectivity index (χ3n) is 4.88. The summed E-state index contributed by atoms with van der Waals surface area (Å²) in [5.41, 5.74) is 2.50. The lowest BCUT2D eigenvalue weighted by Gasteiger charge is -2.09. The zero-order chi connectivity index (χ0) is 22.3. The average Bonchev–Trinajstić information content (AvgIpc) is 2.79. The lowest BCUT2D eigenvalue weighted by atomic mass is 10.1. The van der Waals surface area contributed by atoms with Gasteiger partial charge in [0.05, 0.1) is 23.8 Å². The van der Waals surface area contributed by atoms with E-state index in [0.717, 1.165) is 37.1 Å². The SMILES string of the molecule is CCCCCCOCCOCCCc1ccc(C(=O)Oc2ccc(NC)cc2Cl)cc1. The Morgan fingerprint density at radius 1 is 0.903 bits per heavy atom. The third-order valence-corrected chi connectivity index (χ3v) is 5.18. The van der Waals surface area contributed by atoms with Gasteiger partial charge in [0.1, 0.15) is 5.75 Å². The fraction of sp³-hybridized carbons (Fsp3) is 0.480. The number of esters is 1. The molecule has 0 heterocycles. The molecule has 0 radical (unpaired) electrons. The van der Waals surface area contributed by atoms with Crippen molar-refractivity contribution in [2.24, 2.45) is 0 Å². The molecule has 5 nitrogen and oxygen atoms in total. The van der Waals surface area contributed by atoms with Crippen LogP contribution in [0.2, 0.25) is 5.02 Å². The van der Waals surface area contributed by atoms with Crippen LogP contribution >= 0.6 is 11.6 Å². The lowest BCUT2D eigenvalue weighted by molar-refractivity contribution is 0.0455. The summed E-state index contributed by atoms with van der Waals surface area (Å²) in [7, 11) is 1.80. The van der Waals surface area contributed by atoms with E-state index in [0.29, 0.717) is 36.2 Å². The first-order valence-electron chi connectivity index (χ1n) is 11.1. The van der Waals surface area contributed by atoms with Gasteiger partial charge in [-0.3, -0.25) is 0 Å². The standard InChI is InChI=1S/C25H34ClNO4/c1-3-4-5-6-15-29-17-18-30-16-7-8-20-9-11-21(12-10-20)25(28)31-24-14-13-22(27-2)19-23(24)26/h9-14,19,27H,3-8,15-18H2,1-2H3. The van der Waals surface area contributed by atoms with Gasteiger partial charge in [-0.25, -0.2) is 4.79 Å². The van der Waals surface area contributed by atoms with Crippen molar-refractivity contribution in [3.8, 4) is 5.75 Å². The van der Waals surface area contributed by atoms with E-state index in [1.807, 2.05) is 12.1 Å². The van der Waals surface area contributed by atoms with Crippen molar-refractivity contribution >= 4 is 23.3 Å². The molecule has 0 saturated carbocycles. The molecule has 0 aliphatic rings. The summed E-state index contributed by atoms with van der Waals surface area (Å²) >= 11 is 6.16. The molecule has 0 amide bonds. The van der Waals surface area contributed by atoms with E-state index in [1.54, 1.807) is 37.4 Å². The topological polar surface area (TPSA) is 56.8 Å². The van der Waals surface area contributed by atoms with Crippen LogP contribution in [0.5, 0.6) is 5.75 Å². The van der Waals surface area contributed by atoms with Gasteiger partial charge in [0, 0.05) is 25.9 Å². The quantitative estimate of drug-likeness (QED) is 0.201. The third kappa shape index (κ3) is 9.72. The molecule has 2 aromatic rings. The molecule has 0 unspecified atom stereocenters. The molecule has 0 atom stereocenters. The molecule has 6 heteroatoms. The zero-order valence-electron chi connectivity index (χ0n) is 18.6. The van der Waals surface area contributed by atoms with Crippen LogP contribution in [0.4, 0.5) is 5.69 Å². The molecule has 0 fully saturated rings. The fourth-order valence-corrected chi connectivity index (χ4v) is 3.26. The smallest absolute Gasteiger partial charge is 0.343 e. The highest BCUT2D eigenvalue weighted by molar-refractivity contribution is 6.32. The molecular weight excluding hydrogens is 414 g/mol. The van der Waals surface area contributed by atoms with E-state index in [1.165, 1.54) is 19.3 Å². The number of carbonyl (C=O) groups is 1. The number of ether oxygens (including phenoxy) is 3. The Bertz CT molecular complexity index is 780. The Balaban J connectivity index is 1.63. The Morgan fingerprint density at radius 2 is 1.61 bits per heavy atom. The van der Waals surface area contributed by atoms with Crippen LogP contribution < -0.4 is 10.1 Å². The molecule has 31 heavy (non-hydrogen) atoms. The first-order chi connectivity index (χ1) is 15.1. The average molecular weight is 448 g/mol. The number of carbonyl (C=O) groups excluding carboxylic acids is 1.